The van der Waals surface area contributed by atoms with Crippen molar-refractivity contribution in [3.8, 4) is 0 Å². The van der Waals surface area contributed by atoms with E-state index in [0.717, 1.165) is 30.0 Å². The van der Waals surface area contributed by atoms with Crippen LogP contribution < -0.4 is 21.3 Å². The molecule has 4 N–H and O–H groups in total. The van der Waals surface area contributed by atoms with E-state index in [1.807, 2.05) is 25.1 Å². The fourth-order valence-corrected chi connectivity index (χ4v) is 3.23. The van der Waals surface area contributed by atoms with Crippen molar-refractivity contribution < 1.29 is 9.59 Å². The number of nitrogens with one attached hydrogen (secondary N) is 2. The molecule has 6 nitrogen and oxygen atoms in total. The second kappa shape index (κ2) is 10.9. The topological polar surface area (TPSA) is 87.5 Å². The number of nitrogens with two attached hydrogens (primary N) is 1. The maximum absolute atomic E-state index is 12.5. The first-order valence-electron chi connectivity index (χ1n) is 9.27. The number of rotatable bonds is 5. The van der Waals surface area contributed by atoms with E-state index in [-0.39, 0.29) is 36.6 Å². The minimum Gasteiger partial charge on any atom is -0.399 e. The van der Waals surface area contributed by atoms with Crippen LogP contribution in [0, 0.1) is 6.92 Å². The Hall–Kier alpha value is -2.44. The third-order valence-electron chi connectivity index (χ3n) is 4.83. The number of hydrogen-bond donors (Lipinski definition) is 3. The Kier molecular flexibility index (Phi) is 9.27. The molecule has 29 heavy (non-hydrogen) atoms. The van der Waals surface area contributed by atoms with Crippen molar-refractivity contribution in [1.29, 1.82) is 0 Å². The molecule has 2 amide bonds. The second-order valence-electron chi connectivity index (χ2n) is 7.00. The molecule has 1 fully saturated rings. The summed E-state index contributed by atoms with van der Waals surface area (Å²) >= 11 is 0. The molecule has 158 valence electrons. The molecule has 1 saturated heterocycles. The van der Waals surface area contributed by atoms with Crippen LogP contribution in [0.25, 0.3) is 0 Å². The third kappa shape index (κ3) is 6.27. The lowest BCUT2D eigenvalue weighted by atomic mass is 10.1. The Morgan fingerprint density at radius 3 is 2.45 bits per heavy atom. The van der Waals surface area contributed by atoms with Gasteiger partial charge in [-0.2, -0.15) is 0 Å². The van der Waals surface area contributed by atoms with Gasteiger partial charge in [0.2, 0.25) is 5.91 Å². The Labute approximate surface area is 184 Å². The Morgan fingerprint density at radius 2 is 1.76 bits per heavy atom. The Morgan fingerprint density at radius 1 is 1.07 bits per heavy atom. The quantitative estimate of drug-likeness (QED) is 0.619. The Bertz CT molecular complexity index is 854. The first-order chi connectivity index (χ1) is 12.9. The Balaban J connectivity index is 0.00000210. The van der Waals surface area contributed by atoms with Crippen molar-refractivity contribution >= 4 is 53.7 Å². The zero-order valence-corrected chi connectivity index (χ0v) is 18.2. The van der Waals surface area contributed by atoms with Gasteiger partial charge in [0.25, 0.3) is 5.91 Å². The summed E-state index contributed by atoms with van der Waals surface area (Å²) in [6, 6.07) is 12.3. The van der Waals surface area contributed by atoms with Gasteiger partial charge in [-0.25, -0.2) is 0 Å². The summed E-state index contributed by atoms with van der Waals surface area (Å²) in [6.07, 6.45) is 2.39. The number of nitrogens with zero attached hydrogens (tertiary/aromatic N) is 1. The lowest BCUT2D eigenvalue weighted by Crippen LogP contribution is -2.41. The number of carbonyl (C=O) groups excluding carboxylic acids is 2. The molecule has 0 saturated carbocycles. The molecule has 0 radical (unpaired) electrons. The maximum Gasteiger partial charge on any atom is 0.252 e. The largest absolute Gasteiger partial charge is 0.399 e. The SMILES string of the molecule is Cc1ccc(N)cc1C(=O)NC(C)C(=O)Nc1cccc(N2CCCC2)c1.Cl.Cl. The highest BCUT2D eigenvalue weighted by atomic mass is 35.5. The predicted octanol–water partition coefficient (Wildman–Crippen LogP) is 3.78. The highest BCUT2D eigenvalue weighted by Gasteiger charge is 2.19. The number of anilines is 3. The average molecular weight is 439 g/mol. The first-order valence-corrected chi connectivity index (χ1v) is 9.27. The van der Waals surface area contributed by atoms with E-state index in [1.165, 1.54) is 12.8 Å². The molecule has 8 heteroatoms. The molecule has 0 spiro atoms. The van der Waals surface area contributed by atoms with E-state index in [4.69, 9.17) is 5.73 Å². The van der Waals surface area contributed by atoms with Crippen LogP contribution in [0.5, 0.6) is 0 Å². The smallest absolute Gasteiger partial charge is 0.252 e. The fourth-order valence-electron chi connectivity index (χ4n) is 3.23. The summed E-state index contributed by atoms with van der Waals surface area (Å²) in [4.78, 5) is 27.3. The molecule has 2 aromatic carbocycles. The number of aryl methyl sites for hydroxylation is 1. The van der Waals surface area contributed by atoms with Crippen molar-refractivity contribution in [3.05, 3.63) is 53.6 Å². The summed E-state index contributed by atoms with van der Waals surface area (Å²) in [5.74, 6) is -0.572. The van der Waals surface area contributed by atoms with Crippen molar-refractivity contribution in [1.82, 2.24) is 5.32 Å². The van der Waals surface area contributed by atoms with Crippen LogP contribution in [-0.2, 0) is 4.79 Å². The standard InChI is InChI=1S/C21H26N4O2.2ClH/c1-14-8-9-16(22)12-19(14)21(27)23-15(2)20(26)24-17-6-5-7-18(13-17)25-10-3-4-11-25;;/h5-9,12-13,15H,3-4,10-11,22H2,1-2H3,(H,23,27)(H,24,26);2*1H. The zero-order valence-electron chi connectivity index (χ0n) is 16.6. The van der Waals surface area contributed by atoms with E-state index in [2.05, 4.69) is 21.6 Å². The summed E-state index contributed by atoms with van der Waals surface area (Å²) in [7, 11) is 0. The van der Waals surface area contributed by atoms with E-state index >= 15 is 0 Å². The first kappa shape index (κ1) is 24.6. The molecule has 1 aliphatic heterocycles. The van der Waals surface area contributed by atoms with Crippen molar-refractivity contribution in [2.75, 3.05) is 29.0 Å². The van der Waals surface area contributed by atoms with E-state index in [1.54, 1.807) is 25.1 Å². The van der Waals surface area contributed by atoms with Gasteiger partial charge in [-0.3, -0.25) is 9.59 Å². The molecule has 1 unspecified atom stereocenters. The second-order valence-corrected chi connectivity index (χ2v) is 7.00. The minimum absolute atomic E-state index is 0. The lowest BCUT2D eigenvalue weighted by molar-refractivity contribution is -0.117. The van der Waals surface area contributed by atoms with Gasteiger partial charge in [-0.15, -0.1) is 24.8 Å². The number of nitrogen functional groups attached to an aromatic ring is 1. The molecule has 0 bridgehead atoms. The van der Waals surface area contributed by atoms with Crippen LogP contribution in [0.4, 0.5) is 17.1 Å². The number of carbonyl (C=O) groups is 2. The molecular formula is C21H28Cl2N4O2. The average Bonchev–Trinajstić information content (AvgIpc) is 3.18. The zero-order chi connectivity index (χ0) is 19.4. The van der Waals surface area contributed by atoms with E-state index in [0.29, 0.717) is 11.3 Å². The molecule has 1 aliphatic rings. The van der Waals surface area contributed by atoms with Gasteiger partial charge in [-0.05, 0) is 62.6 Å². The van der Waals surface area contributed by atoms with Gasteiger partial charge in [0.1, 0.15) is 6.04 Å². The van der Waals surface area contributed by atoms with Gasteiger partial charge in [-0.1, -0.05) is 12.1 Å². The molecule has 1 atom stereocenters. The van der Waals surface area contributed by atoms with Gasteiger partial charge in [0, 0.05) is 35.7 Å². The van der Waals surface area contributed by atoms with E-state index < -0.39 is 6.04 Å². The third-order valence-corrected chi connectivity index (χ3v) is 4.83. The van der Waals surface area contributed by atoms with Gasteiger partial charge < -0.3 is 21.3 Å². The van der Waals surface area contributed by atoms with Gasteiger partial charge in [0.05, 0.1) is 0 Å². The number of benzene rings is 2. The monoisotopic (exact) mass is 438 g/mol. The summed E-state index contributed by atoms with van der Waals surface area (Å²) < 4.78 is 0. The highest BCUT2D eigenvalue weighted by molar-refractivity contribution is 6.02. The van der Waals surface area contributed by atoms with Crippen molar-refractivity contribution in [3.63, 3.8) is 0 Å². The summed E-state index contributed by atoms with van der Waals surface area (Å²) in [6.45, 7) is 5.59. The van der Waals surface area contributed by atoms with Crippen LogP contribution in [-0.4, -0.2) is 30.9 Å². The number of amides is 2. The molecule has 1 heterocycles. The molecule has 2 aromatic rings. The fraction of sp³-hybridized carbons (Fsp3) is 0.333. The van der Waals surface area contributed by atoms with Crippen LogP contribution in [0.15, 0.2) is 42.5 Å². The van der Waals surface area contributed by atoms with Crippen molar-refractivity contribution in [2.45, 2.75) is 32.7 Å². The summed E-state index contributed by atoms with van der Waals surface area (Å²) in [5, 5.41) is 5.62. The minimum atomic E-state index is -0.672. The lowest BCUT2D eigenvalue weighted by Gasteiger charge is -2.19. The van der Waals surface area contributed by atoms with Crippen LogP contribution >= 0.6 is 24.8 Å². The molecule has 0 aromatic heterocycles. The van der Waals surface area contributed by atoms with E-state index in [9.17, 15) is 9.59 Å². The normalized spacial score (nSPS) is 13.7. The number of hydrogen-bond acceptors (Lipinski definition) is 4. The highest BCUT2D eigenvalue weighted by Crippen LogP contribution is 2.23. The van der Waals surface area contributed by atoms with Crippen LogP contribution in [0.3, 0.4) is 0 Å². The molecular weight excluding hydrogens is 411 g/mol. The van der Waals surface area contributed by atoms with Crippen LogP contribution in [0.1, 0.15) is 35.7 Å². The van der Waals surface area contributed by atoms with Crippen molar-refractivity contribution in [2.24, 2.45) is 0 Å². The van der Waals surface area contributed by atoms with Gasteiger partial charge >= 0.3 is 0 Å². The summed E-state index contributed by atoms with van der Waals surface area (Å²) in [5.41, 5.74) is 9.40. The maximum atomic E-state index is 12.5. The molecule has 3 rings (SSSR count). The predicted molar refractivity (Wildman–Crippen MR) is 124 cm³/mol. The number of halogens is 2. The van der Waals surface area contributed by atoms with Gasteiger partial charge in [0.15, 0.2) is 0 Å². The molecule has 0 aliphatic carbocycles. The van der Waals surface area contributed by atoms with Crippen LogP contribution in [0.2, 0.25) is 0 Å².